The molecule has 1 N–H and O–H groups in total. The van der Waals surface area contributed by atoms with E-state index in [-0.39, 0.29) is 12.5 Å². The zero-order valence-corrected chi connectivity index (χ0v) is 9.91. The Morgan fingerprint density at radius 1 is 1.50 bits per heavy atom. The molecule has 1 aromatic rings. The maximum absolute atomic E-state index is 11.9. The van der Waals surface area contributed by atoms with Crippen LogP contribution in [0.2, 0.25) is 0 Å². The van der Waals surface area contributed by atoms with E-state index < -0.39 is 5.97 Å². The zero-order valence-electron chi connectivity index (χ0n) is 9.91. The summed E-state index contributed by atoms with van der Waals surface area (Å²) in [6, 6.07) is 3.45. The van der Waals surface area contributed by atoms with Crippen molar-refractivity contribution in [1.82, 2.24) is 4.90 Å². The molecule has 1 amide bonds. The summed E-state index contributed by atoms with van der Waals surface area (Å²) < 4.78 is 5.06. The molecule has 0 aliphatic heterocycles. The van der Waals surface area contributed by atoms with Crippen molar-refractivity contribution < 1.29 is 19.1 Å². The number of hydrogen-bond donors (Lipinski definition) is 1. The Kier molecular flexibility index (Phi) is 3.82. The third-order valence-electron chi connectivity index (χ3n) is 2.75. The van der Waals surface area contributed by atoms with Crippen LogP contribution < -0.4 is 0 Å². The van der Waals surface area contributed by atoms with Crippen molar-refractivity contribution >= 4 is 18.0 Å². The Morgan fingerprint density at radius 2 is 2.28 bits per heavy atom. The molecule has 1 aromatic heterocycles. The fraction of sp³-hybridized carbons (Fsp3) is 0.385. The maximum atomic E-state index is 11.9. The smallest absolute Gasteiger partial charge is 0.323 e. The largest absolute Gasteiger partial charge is 0.480 e. The minimum Gasteiger partial charge on any atom is -0.480 e. The standard InChI is InChI=1S/C13H15NO4/c15-12(6-5-11-2-1-7-18-11)14(9-13(16)17)8-10-3-4-10/h1-2,5-7,10H,3-4,8-9H2,(H,16,17)/b6-5+. The van der Waals surface area contributed by atoms with E-state index in [2.05, 4.69) is 0 Å². The fourth-order valence-electron chi connectivity index (χ4n) is 1.65. The van der Waals surface area contributed by atoms with E-state index in [1.165, 1.54) is 17.2 Å². The molecule has 2 rings (SSSR count). The molecule has 0 saturated heterocycles. The number of rotatable bonds is 6. The van der Waals surface area contributed by atoms with Gasteiger partial charge in [0.05, 0.1) is 6.26 Å². The summed E-state index contributed by atoms with van der Waals surface area (Å²) in [5.74, 6) is -0.244. The average Bonchev–Trinajstić information content (AvgIpc) is 2.98. The predicted molar refractivity (Wildman–Crippen MR) is 64.7 cm³/mol. The number of hydrogen-bond acceptors (Lipinski definition) is 3. The number of aliphatic carboxylic acids is 1. The number of carboxylic acids is 1. The van der Waals surface area contributed by atoms with E-state index in [1.807, 2.05) is 0 Å². The monoisotopic (exact) mass is 249 g/mol. The normalized spacial score (nSPS) is 14.9. The van der Waals surface area contributed by atoms with Crippen molar-refractivity contribution in [1.29, 1.82) is 0 Å². The molecule has 1 fully saturated rings. The molecule has 0 atom stereocenters. The second kappa shape index (κ2) is 5.53. The molecule has 0 aromatic carbocycles. The van der Waals surface area contributed by atoms with Crippen molar-refractivity contribution in [3.63, 3.8) is 0 Å². The quantitative estimate of drug-likeness (QED) is 0.778. The summed E-state index contributed by atoms with van der Waals surface area (Å²) in [5, 5.41) is 8.78. The topological polar surface area (TPSA) is 70.8 Å². The molecule has 5 heteroatoms. The lowest BCUT2D eigenvalue weighted by Crippen LogP contribution is -2.36. The van der Waals surface area contributed by atoms with Crippen LogP contribution in [0.4, 0.5) is 0 Å². The molecule has 1 aliphatic carbocycles. The van der Waals surface area contributed by atoms with E-state index in [4.69, 9.17) is 9.52 Å². The van der Waals surface area contributed by atoms with E-state index in [0.717, 1.165) is 12.8 Å². The maximum Gasteiger partial charge on any atom is 0.323 e. The molecular weight excluding hydrogens is 234 g/mol. The Balaban J connectivity index is 1.95. The second-order valence-electron chi connectivity index (χ2n) is 4.40. The number of furan rings is 1. The summed E-state index contributed by atoms with van der Waals surface area (Å²) in [7, 11) is 0. The van der Waals surface area contributed by atoms with E-state index in [9.17, 15) is 9.59 Å². The molecule has 18 heavy (non-hydrogen) atoms. The lowest BCUT2D eigenvalue weighted by molar-refractivity contribution is -0.142. The first kappa shape index (κ1) is 12.4. The molecular formula is C13H15NO4. The van der Waals surface area contributed by atoms with Crippen molar-refractivity contribution in [3.05, 3.63) is 30.2 Å². The summed E-state index contributed by atoms with van der Waals surface area (Å²) in [6.45, 7) is 0.269. The van der Waals surface area contributed by atoms with Gasteiger partial charge in [-0.1, -0.05) is 0 Å². The number of amides is 1. The Labute approximate surface area is 105 Å². The lowest BCUT2D eigenvalue weighted by Gasteiger charge is -2.18. The zero-order chi connectivity index (χ0) is 13.0. The number of carboxylic acid groups (broad SMARTS) is 1. The average molecular weight is 249 g/mol. The Morgan fingerprint density at radius 3 is 2.83 bits per heavy atom. The van der Waals surface area contributed by atoms with Gasteiger partial charge in [0.1, 0.15) is 12.3 Å². The van der Waals surface area contributed by atoms with Crippen molar-refractivity contribution in [2.24, 2.45) is 5.92 Å². The van der Waals surface area contributed by atoms with E-state index >= 15 is 0 Å². The SMILES string of the molecule is O=C(O)CN(CC1CC1)C(=O)/C=C/c1ccco1. The lowest BCUT2D eigenvalue weighted by atomic mass is 10.3. The van der Waals surface area contributed by atoms with Gasteiger partial charge in [-0.25, -0.2) is 0 Å². The third-order valence-corrected chi connectivity index (χ3v) is 2.75. The van der Waals surface area contributed by atoms with Crippen LogP contribution in [0.25, 0.3) is 6.08 Å². The molecule has 0 spiro atoms. The molecule has 0 bridgehead atoms. The molecule has 0 radical (unpaired) electrons. The highest BCUT2D eigenvalue weighted by Crippen LogP contribution is 2.29. The molecule has 1 aliphatic rings. The summed E-state index contributed by atoms with van der Waals surface area (Å²) in [5.41, 5.74) is 0. The molecule has 1 heterocycles. The molecule has 96 valence electrons. The van der Waals surface area contributed by atoms with E-state index in [0.29, 0.717) is 18.2 Å². The van der Waals surface area contributed by atoms with Crippen molar-refractivity contribution in [2.75, 3.05) is 13.1 Å². The predicted octanol–water partition coefficient (Wildman–Crippen LogP) is 1.62. The van der Waals surface area contributed by atoms with Crippen LogP contribution in [-0.4, -0.2) is 35.0 Å². The van der Waals surface area contributed by atoms with Gasteiger partial charge in [0.15, 0.2) is 0 Å². The van der Waals surface area contributed by atoms with Gasteiger partial charge in [-0.05, 0) is 37.0 Å². The van der Waals surface area contributed by atoms with E-state index in [1.54, 1.807) is 18.2 Å². The molecule has 1 saturated carbocycles. The summed E-state index contributed by atoms with van der Waals surface area (Å²) in [4.78, 5) is 23.9. The van der Waals surface area contributed by atoms with Gasteiger partial charge >= 0.3 is 5.97 Å². The van der Waals surface area contributed by atoms with Crippen LogP contribution >= 0.6 is 0 Å². The highest BCUT2D eigenvalue weighted by atomic mass is 16.4. The van der Waals surface area contributed by atoms with Crippen LogP contribution in [-0.2, 0) is 9.59 Å². The fourth-order valence-corrected chi connectivity index (χ4v) is 1.65. The highest BCUT2D eigenvalue weighted by molar-refractivity contribution is 5.93. The van der Waals surface area contributed by atoms with Crippen LogP contribution in [0.1, 0.15) is 18.6 Å². The summed E-state index contributed by atoms with van der Waals surface area (Å²) in [6.07, 6.45) is 6.56. The van der Waals surface area contributed by atoms with Gasteiger partial charge in [0.25, 0.3) is 0 Å². The minimum absolute atomic E-state index is 0.252. The number of nitrogens with zero attached hydrogens (tertiary/aromatic N) is 1. The summed E-state index contributed by atoms with van der Waals surface area (Å²) >= 11 is 0. The van der Waals surface area contributed by atoms with Gasteiger partial charge < -0.3 is 14.4 Å². The van der Waals surface area contributed by atoms with Gasteiger partial charge in [0.2, 0.25) is 5.91 Å². The van der Waals surface area contributed by atoms with Crippen molar-refractivity contribution in [3.8, 4) is 0 Å². The van der Waals surface area contributed by atoms with Gasteiger partial charge in [-0.3, -0.25) is 9.59 Å². The van der Waals surface area contributed by atoms with Gasteiger partial charge in [-0.2, -0.15) is 0 Å². The highest BCUT2D eigenvalue weighted by Gasteiger charge is 2.27. The Hall–Kier alpha value is -2.04. The minimum atomic E-state index is -0.990. The second-order valence-corrected chi connectivity index (χ2v) is 4.40. The molecule has 5 nitrogen and oxygen atoms in total. The van der Waals surface area contributed by atoms with Gasteiger partial charge in [0, 0.05) is 12.6 Å². The van der Waals surface area contributed by atoms with Gasteiger partial charge in [-0.15, -0.1) is 0 Å². The molecule has 0 unspecified atom stereocenters. The number of carbonyl (C=O) groups is 2. The Bertz CT molecular complexity index is 446. The van der Waals surface area contributed by atoms with Crippen LogP contribution in [0.15, 0.2) is 28.9 Å². The third kappa shape index (κ3) is 3.76. The van der Waals surface area contributed by atoms with Crippen LogP contribution in [0.5, 0.6) is 0 Å². The van der Waals surface area contributed by atoms with Crippen LogP contribution in [0.3, 0.4) is 0 Å². The van der Waals surface area contributed by atoms with Crippen LogP contribution in [0, 0.1) is 5.92 Å². The number of carbonyl (C=O) groups excluding carboxylic acids is 1. The first-order valence-electron chi connectivity index (χ1n) is 5.87. The van der Waals surface area contributed by atoms with Crippen molar-refractivity contribution in [2.45, 2.75) is 12.8 Å². The first-order valence-corrected chi connectivity index (χ1v) is 5.87. The first-order chi connectivity index (χ1) is 8.65.